The zero-order chi connectivity index (χ0) is 13.5. The van der Waals surface area contributed by atoms with E-state index >= 15 is 0 Å². The Morgan fingerprint density at radius 2 is 2.42 bits per heavy atom. The molecule has 0 aromatic carbocycles. The highest BCUT2D eigenvalue weighted by atomic mass is 16.5. The van der Waals surface area contributed by atoms with Gasteiger partial charge in [0.25, 0.3) is 0 Å². The van der Waals surface area contributed by atoms with Gasteiger partial charge in [0.2, 0.25) is 0 Å². The number of hydrogen-bond donors (Lipinski definition) is 2. The summed E-state index contributed by atoms with van der Waals surface area (Å²) in [6, 6.07) is 0. The van der Waals surface area contributed by atoms with Crippen molar-refractivity contribution in [3.05, 3.63) is 23.4 Å². The number of carbonyl (C=O) groups excluding carboxylic acids is 1. The lowest BCUT2D eigenvalue weighted by Gasteiger charge is -2.38. The molecule has 1 aliphatic carbocycles. The summed E-state index contributed by atoms with van der Waals surface area (Å²) in [5, 5.41) is 0. The van der Waals surface area contributed by atoms with Gasteiger partial charge in [-0.05, 0) is 38.0 Å². The van der Waals surface area contributed by atoms with Crippen LogP contribution in [0.5, 0.6) is 0 Å². The van der Waals surface area contributed by atoms with Crippen LogP contribution in [0.1, 0.15) is 20.3 Å². The van der Waals surface area contributed by atoms with E-state index in [2.05, 4.69) is 21.9 Å². The second-order valence-electron chi connectivity index (χ2n) is 5.65. The lowest BCUT2D eigenvalue weighted by molar-refractivity contribution is -0.157. The van der Waals surface area contributed by atoms with Gasteiger partial charge in [0.1, 0.15) is 5.41 Å². The number of rotatable bonds is 2. The monoisotopic (exact) mass is 261 g/mol. The number of esters is 1. The van der Waals surface area contributed by atoms with Crippen LogP contribution < -0.4 is 10.9 Å². The predicted molar refractivity (Wildman–Crippen MR) is 72.4 cm³/mol. The SMILES string of the molecule is CC(C)OC(=O)C12CN=CC=C1C=C1NNCC1C2. The van der Waals surface area contributed by atoms with Gasteiger partial charge in [-0.15, -0.1) is 0 Å². The van der Waals surface area contributed by atoms with E-state index in [1.54, 1.807) is 6.21 Å². The van der Waals surface area contributed by atoms with Crippen LogP contribution in [0.3, 0.4) is 0 Å². The molecule has 3 rings (SSSR count). The summed E-state index contributed by atoms with van der Waals surface area (Å²) < 4.78 is 5.47. The maximum atomic E-state index is 12.5. The third kappa shape index (κ3) is 1.98. The quantitative estimate of drug-likeness (QED) is 0.726. The number of nitrogens with one attached hydrogen (secondary N) is 2. The molecule has 0 amide bonds. The van der Waals surface area contributed by atoms with Gasteiger partial charge in [-0.3, -0.25) is 9.79 Å². The molecule has 0 bridgehead atoms. The van der Waals surface area contributed by atoms with E-state index in [1.807, 2.05) is 19.9 Å². The van der Waals surface area contributed by atoms with Crippen LogP contribution in [-0.4, -0.2) is 31.4 Å². The minimum absolute atomic E-state index is 0.0979. The van der Waals surface area contributed by atoms with Gasteiger partial charge in [-0.25, -0.2) is 5.43 Å². The first-order valence-electron chi connectivity index (χ1n) is 6.74. The van der Waals surface area contributed by atoms with Gasteiger partial charge in [-0.1, -0.05) is 0 Å². The lowest BCUT2D eigenvalue weighted by Crippen LogP contribution is -2.44. The van der Waals surface area contributed by atoms with Crippen molar-refractivity contribution in [1.29, 1.82) is 0 Å². The summed E-state index contributed by atoms with van der Waals surface area (Å²) in [5.74, 6) is 0.193. The van der Waals surface area contributed by atoms with Gasteiger partial charge < -0.3 is 10.2 Å². The van der Waals surface area contributed by atoms with Crippen LogP contribution in [0.25, 0.3) is 0 Å². The molecule has 102 valence electrons. The van der Waals surface area contributed by atoms with E-state index in [0.717, 1.165) is 24.2 Å². The molecule has 2 heterocycles. The Morgan fingerprint density at radius 1 is 1.58 bits per heavy atom. The Kier molecular flexibility index (Phi) is 2.93. The van der Waals surface area contributed by atoms with Gasteiger partial charge in [-0.2, -0.15) is 0 Å². The second-order valence-corrected chi connectivity index (χ2v) is 5.65. The molecule has 1 saturated heterocycles. The van der Waals surface area contributed by atoms with Crippen molar-refractivity contribution in [1.82, 2.24) is 10.9 Å². The first-order valence-corrected chi connectivity index (χ1v) is 6.74. The van der Waals surface area contributed by atoms with E-state index in [0.29, 0.717) is 12.5 Å². The topological polar surface area (TPSA) is 62.7 Å². The summed E-state index contributed by atoms with van der Waals surface area (Å²) in [5.41, 5.74) is 7.87. The molecule has 2 aliphatic heterocycles. The van der Waals surface area contributed by atoms with Gasteiger partial charge >= 0.3 is 5.97 Å². The number of ether oxygens (including phenoxy) is 1. The minimum Gasteiger partial charge on any atom is -0.462 e. The summed E-state index contributed by atoms with van der Waals surface area (Å²) in [6.07, 6.45) is 6.43. The zero-order valence-corrected chi connectivity index (χ0v) is 11.3. The number of carbonyl (C=O) groups is 1. The fraction of sp³-hybridized carbons (Fsp3) is 0.571. The standard InChI is InChI=1S/C14H19N3O2/c1-9(2)19-13(18)14-6-10-7-16-17-12(10)5-11(14)3-4-15-8-14/h3-5,9-10,16-17H,6-8H2,1-2H3. The van der Waals surface area contributed by atoms with Gasteiger partial charge in [0.05, 0.1) is 12.6 Å². The average molecular weight is 261 g/mol. The number of aliphatic imine (C=N–C) groups is 1. The fourth-order valence-corrected chi connectivity index (χ4v) is 2.97. The van der Waals surface area contributed by atoms with Crippen molar-refractivity contribution in [3.8, 4) is 0 Å². The molecule has 2 atom stereocenters. The Morgan fingerprint density at radius 3 is 3.21 bits per heavy atom. The summed E-state index contributed by atoms with van der Waals surface area (Å²) >= 11 is 0. The number of nitrogens with zero attached hydrogens (tertiary/aromatic N) is 1. The Labute approximate surface area is 112 Å². The Balaban J connectivity index is 1.97. The molecule has 1 fully saturated rings. The predicted octanol–water partition coefficient (Wildman–Crippen LogP) is 0.947. The van der Waals surface area contributed by atoms with Crippen molar-refractivity contribution in [3.63, 3.8) is 0 Å². The summed E-state index contributed by atoms with van der Waals surface area (Å²) in [6.45, 7) is 5.10. The van der Waals surface area contributed by atoms with Crippen molar-refractivity contribution in [2.24, 2.45) is 16.3 Å². The van der Waals surface area contributed by atoms with Crippen LogP contribution >= 0.6 is 0 Å². The highest BCUT2D eigenvalue weighted by molar-refractivity contribution is 5.88. The minimum atomic E-state index is -0.596. The van der Waals surface area contributed by atoms with Crippen LogP contribution in [0.2, 0.25) is 0 Å². The normalized spacial score (nSPS) is 32.1. The largest absolute Gasteiger partial charge is 0.462 e. The highest BCUT2D eigenvalue weighted by Gasteiger charge is 2.49. The molecule has 0 aromatic heterocycles. The molecule has 0 radical (unpaired) electrons. The fourth-order valence-electron chi connectivity index (χ4n) is 2.97. The second kappa shape index (κ2) is 4.49. The van der Waals surface area contributed by atoms with Crippen LogP contribution in [0.4, 0.5) is 0 Å². The number of hydrazine groups is 1. The van der Waals surface area contributed by atoms with Crippen LogP contribution in [-0.2, 0) is 9.53 Å². The van der Waals surface area contributed by atoms with Gasteiger partial charge in [0.15, 0.2) is 0 Å². The first kappa shape index (κ1) is 12.4. The highest BCUT2D eigenvalue weighted by Crippen LogP contribution is 2.45. The average Bonchev–Trinajstić information content (AvgIpc) is 2.81. The molecule has 2 unspecified atom stereocenters. The molecule has 0 spiro atoms. The maximum Gasteiger partial charge on any atom is 0.318 e. The lowest BCUT2D eigenvalue weighted by atomic mass is 9.68. The molecular weight excluding hydrogens is 242 g/mol. The number of dihydropyridines is 1. The third-order valence-electron chi connectivity index (χ3n) is 3.93. The van der Waals surface area contributed by atoms with Crippen molar-refractivity contribution in [2.45, 2.75) is 26.4 Å². The summed E-state index contributed by atoms with van der Waals surface area (Å²) in [7, 11) is 0. The van der Waals surface area contributed by atoms with E-state index in [1.165, 1.54) is 0 Å². The number of fused-ring (bicyclic) bond motifs is 2. The Bertz CT molecular complexity index is 493. The molecule has 3 aliphatic rings. The Hall–Kier alpha value is -1.62. The summed E-state index contributed by atoms with van der Waals surface area (Å²) in [4.78, 5) is 16.9. The van der Waals surface area contributed by atoms with Gasteiger partial charge in [0, 0.05) is 24.4 Å². The number of hydrogen-bond acceptors (Lipinski definition) is 5. The first-order chi connectivity index (χ1) is 9.12. The molecule has 0 saturated carbocycles. The molecular formula is C14H19N3O2. The molecule has 5 nitrogen and oxygen atoms in total. The van der Waals surface area contributed by atoms with E-state index in [-0.39, 0.29) is 12.1 Å². The molecule has 2 N–H and O–H groups in total. The van der Waals surface area contributed by atoms with E-state index in [4.69, 9.17) is 4.74 Å². The molecule has 5 heteroatoms. The third-order valence-corrected chi connectivity index (χ3v) is 3.93. The molecule has 0 aromatic rings. The molecule has 19 heavy (non-hydrogen) atoms. The van der Waals surface area contributed by atoms with E-state index in [9.17, 15) is 4.79 Å². The zero-order valence-electron chi connectivity index (χ0n) is 11.3. The van der Waals surface area contributed by atoms with Crippen LogP contribution in [0.15, 0.2) is 28.4 Å². The van der Waals surface area contributed by atoms with Crippen molar-refractivity contribution >= 4 is 12.2 Å². The van der Waals surface area contributed by atoms with Crippen molar-refractivity contribution in [2.75, 3.05) is 13.1 Å². The van der Waals surface area contributed by atoms with Crippen molar-refractivity contribution < 1.29 is 9.53 Å². The van der Waals surface area contributed by atoms with E-state index < -0.39 is 5.41 Å². The number of allylic oxidation sites excluding steroid dienone is 2. The maximum absolute atomic E-state index is 12.5. The van der Waals surface area contributed by atoms with Crippen LogP contribution in [0, 0.1) is 11.3 Å². The smallest absolute Gasteiger partial charge is 0.318 e.